The topological polar surface area (TPSA) is 112 Å². The number of aliphatic hydroxyl groups excluding tert-OH is 1. The van der Waals surface area contributed by atoms with Crippen molar-refractivity contribution in [3.63, 3.8) is 0 Å². The number of ether oxygens (including phenoxy) is 4. The Morgan fingerprint density at radius 1 is 1.31 bits per heavy atom. The van der Waals surface area contributed by atoms with E-state index in [0.29, 0.717) is 11.1 Å². The van der Waals surface area contributed by atoms with E-state index in [2.05, 4.69) is 4.90 Å². The molecule has 0 saturated carbocycles. The Morgan fingerprint density at radius 3 is 2.72 bits per heavy atom. The van der Waals surface area contributed by atoms with E-state index >= 15 is 0 Å². The molecule has 4 rings (SSSR count). The summed E-state index contributed by atoms with van der Waals surface area (Å²) in [4.78, 5) is 39.0. The molecule has 2 aliphatic heterocycles. The van der Waals surface area contributed by atoms with Crippen LogP contribution >= 0.6 is 0 Å². The first-order valence-electron chi connectivity index (χ1n) is 10.6. The first kappa shape index (κ1) is 22.3. The number of nitrogens with zero attached hydrogens (tertiary/aromatic N) is 1. The van der Waals surface area contributed by atoms with E-state index in [1.54, 1.807) is 6.07 Å². The second kappa shape index (κ2) is 8.55. The molecule has 32 heavy (non-hydrogen) atoms. The van der Waals surface area contributed by atoms with Crippen molar-refractivity contribution < 1.29 is 38.4 Å². The number of likely N-dealkylation sites (tertiary alicyclic amines) is 1. The number of methoxy groups -OCH3 is 1. The minimum absolute atomic E-state index is 0.0481. The largest absolute Gasteiger partial charge is 0.493 e. The Bertz CT molecular complexity index is 984. The van der Waals surface area contributed by atoms with Crippen LogP contribution in [0.4, 0.5) is 0 Å². The fraction of sp³-hybridized carbons (Fsp3) is 0.522. The van der Waals surface area contributed by atoms with Crippen LogP contribution in [-0.2, 0) is 19.1 Å². The summed E-state index contributed by atoms with van der Waals surface area (Å²) in [6.45, 7) is 3.64. The molecular weight excluding hydrogens is 418 g/mol. The monoisotopic (exact) mass is 445 g/mol. The Hall–Kier alpha value is -2.91. The van der Waals surface area contributed by atoms with Gasteiger partial charge in [-0.15, -0.1) is 0 Å². The van der Waals surface area contributed by atoms with Crippen LogP contribution in [0.25, 0.3) is 0 Å². The molecule has 0 amide bonds. The van der Waals surface area contributed by atoms with Gasteiger partial charge < -0.3 is 24.1 Å². The van der Waals surface area contributed by atoms with Crippen LogP contribution < -0.4 is 9.47 Å². The number of carbonyl (C=O) groups excluding carboxylic acids is 3. The zero-order valence-electron chi connectivity index (χ0n) is 18.5. The van der Waals surface area contributed by atoms with E-state index in [0.717, 1.165) is 18.5 Å². The Balaban J connectivity index is 1.80. The summed E-state index contributed by atoms with van der Waals surface area (Å²) in [5.41, 5.74) is 2.09. The Labute approximate surface area is 185 Å². The Kier molecular flexibility index (Phi) is 5.96. The lowest BCUT2D eigenvalue weighted by Gasteiger charge is -2.44. The average molecular weight is 445 g/mol. The van der Waals surface area contributed by atoms with Crippen LogP contribution in [-0.4, -0.2) is 73.0 Å². The maximum Gasteiger partial charge on any atom is 0.339 e. The van der Waals surface area contributed by atoms with Gasteiger partial charge in [-0.3, -0.25) is 14.5 Å². The van der Waals surface area contributed by atoms with Gasteiger partial charge in [0, 0.05) is 25.4 Å². The SMILES string of the molecule is COc1cc2c(cc1OC(=O)C[C@H](C)O)[C@@H]1[C@H](OC2=O)[C@@H](OC(C)=O)C=C2CCN(C)[C@H]21. The highest BCUT2D eigenvalue weighted by molar-refractivity contribution is 5.94. The number of likely N-dealkylation sites (N-methyl/N-ethyl adjacent to an activating group) is 1. The van der Waals surface area contributed by atoms with Crippen LogP contribution in [0, 0.1) is 0 Å². The van der Waals surface area contributed by atoms with Crippen molar-refractivity contribution in [2.75, 3.05) is 20.7 Å². The van der Waals surface area contributed by atoms with Crippen molar-refractivity contribution in [2.24, 2.45) is 0 Å². The highest BCUT2D eigenvalue weighted by Crippen LogP contribution is 2.48. The molecule has 1 aromatic rings. The van der Waals surface area contributed by atoms with Crippen molar-refractivity contribution in [1.29, 1.82) is 0 Å². The van der Waals surface area contributed by atoms with Gasteiger partial charge in [-0.25, -0.2) is 4.79 Å². The van der Waals surface area contributed by atoms with E-state index in [1.165, 1.54) is 27.0 Å². The molecule has 1 aliphatic carbocycles. The standard InChI is InChI=1S/C23H27NO8/c1-11(25)7-19(27)31-17-9-14-15(10-16(17)29-4)23(28)32-22-18(30-12(2)26)8-13-5-6-24(3)21(13)20(14)22/h8-11,18,20-22,25H,5-7H2,1-4H3/t11-,18-,20-,21+,22+/m0/s1. The number of carbonyl (C=O) groups is 3. The predicted molar refractivity (Wildman–Crippen MR) is 112 cm³/mol. The fourth-order valence-corrected chi connectivity index (χ4v) is 4.89. The first-order valence-corrected chi connectivity index (χ1v) is 10.6. The molecule has 1 saturated heterocycles. The first-order chi connectivity index (χ1) is 15.2. The van der Waals surface area contributed by atoms with E-state index in [4.69, 9.17) is 18.9 Å². The molecule has 9 nitrogen and oxygen atoms in total. The number of hydrogen-bond acceptors (Lipinski definition) is 9. The van der Waals surface area contributed by atoms with Crippen LogP contribution in [0.2, 0.25) is 0 Å². The lowest BCUT2D eigenvalue weighted by Crippen LogP contribution is -2.51. The van der Waals surface area contributed by atoms with E-state index < -0.39 is 36.2 Å². The number of rotatable bonds is 5. The second-order valence-corrected chi connectivity index (χ2v) is 8.50. The van der Waals surface area contributed by atoms with Crippen molar-refractivity contribution in [2.45, 2.75) is 57.0 Å². The number of aliphatic hydroxyl groups is 1. The third-order valence-electron chi connectivity index (χ3n) is 6.15. The van der Waals surface area contributed by atoms with E-state index in [1.807, 2.05) is 13.1 Å². The number of benzene rings is 1. The van der Waals surface area contributed by atoms with Gasteiger partial charge in [-0.1, -0.05) is 5.57 Å². The van der Waals surface area contributed by atoms with Crippen LogP contribution in [0.15, 0.2) is 23.8 Å². The van der Waals surface area contributed by atoms with Crippen molar-refractivity contribution >= 4 is 17.9 Å². The van der Waals surface area contributed by atoms with Gasteiger partial charge in [-0.2, -0.15) is 0 Å². The Morgan fingerprint density at radius 2 is 2.06 bits per heavy atom. The summed E-state index contributed by atoms with van der Waals surface area (Å²) in [7, 11) is 3.41. The van der Waals surface area contributed by atoms with Crippen molar-refractivity contribution in [1.82, 2.24) is 4.90 Å². The normalized spacial score (nSPS) is 27.3. The smallest absolute Gasteiger partial charge is 0.339 e. The second-order valence-electron chi connectivity index (χ2n) is 8.50. The van der Waals surface area contributed by atoms with Crippen LogP contribution in [0.1, 0.15) is 48.5 Å². The summed E-state index contributed by atoms with van der Waals surface area (Å²) >= 11 is 0. The molecule has 0 bridgehead atoms. The third-order valence-corrected chi connectivity index (χ3v) is 6.15. The zero-order chi connectivity index (χ0) is 23.2. The molecule has 9 heteroatoms. The highest BCUT2D eigenvalue weighted by Gasteiger charge is 2.52. The molecule has 0 unspecified atom stereocenters. The third kappa shape index (κ3) is 3.98. The summed E-state index contributed by atoms with van der Waals surface area (Å²) in [5, 5.41) is 9.50. The minimum atomic E-state index is -0.854. The molecule has 0 radical (unpaired) electrons. The number of esters is 3. The maximum absolute atomic E-state index is 12.9. The van der Waals surface area contributed by atoms with Gasteiger partial charge in [-0.05, 0) is 44.2 Å². The molecular formula is C23H27NO8. The van der Waals surface area contributed by atoms with Gasteiger partial charge in [0.1, 0.15) is 0 Å². The number of fused-ring (bicyclic) bond motifs is 5. The summed E-state index contributed by atoms with van der Waals surface area (Å²) < 4.78 is 22.1. The molecule has 0 aromatic heterocycles. The minimum Gasteiger partial charge on any atom is -0.493 e. The average Bonchev–Trinajstić information content (AvgIpc) is 3.07. The van der Waals surface area contributed by atoms with Gasteiger partial charge in [0.2, 0.25) is 0 Å². The van der Waals surface area contributed by atoms with E-state index in [9.17, 15) is 19.5 Å². The van der Waals surface area contributed by atoms with Crippen LogP contribution in [0.5, 0.6) is 11.5 Å². The lowest BCUT2D eigenvalue weighted by molar-refractivity contribution is -0.151. The summed E-state index contributed by atoms with van der Waals surface area (Å²) in [5.74, 6) is -1.59. The van der Waals surface area contributed by atoms with Gasteiger partial charge in [0.05, 0.1) is 25.2 Å². The molecule has 1 aromatic carbocycles. The molecule has 1 fully saturated rings. The molecule has 3 aliphatic rings. The molecule has 0 spiro atoms. The predicted octanol–water partition coefficient (Wildman–Crippen LogP) is 1.57. The molecule has 5 atom stereocenters. The lowest BCUT2D eigenvalue weighted by atomic mass is 9.73. The van der Waals surface area contributed by atoms with Crippen molar-refractivity contribution in [3.8, 4) is 11.5 Å². The summed E-state index contributed by atoms with van der Waals surface area (Å²) in [6.07, 6.45) is 0.271. The maximum atomic E-state index is 12.9. The van der Waals surface area contributed by atoms with Gasteiger partial charge >= 0.3 is 17.9 Å². The fourth-order valence-electron chi connectivity index (χ4n) is 4.89. The highest BCUT2D eigenvalue weighted by atomic mass is 16.6. The zero-order valence-corrected chi connectivity index (χ0v) is 18.5. The molecule has 2 heterocycles. The van der Waals surface area contributed by atoms with Gasteiger partial charge in [0.15, 0.2) is 23.7 Å². The summed E-state index contributed by atoms with van der Waals surface area (Å²) in [6, 6.07) is 3.09. The van der Waals surface area contributed by atoms with Crippen molar-refractivity contribution in [3.05, 3.63) is 34.9 Å². The quantitative estimate of drug-likeness (QED) is 0.410. The number of hydrogen-bond donors (Lipinski definition) is 1. The van der Waals surface area contributed by atoms with Gasteiger partial charge in [0.25, 0.3) is 0 Å². The van der Waals surface area contributed by atoms with E-state index in [-0.39, 0.29) is 29.9 Å². The van der Waals surface area contributed by atoms with Crippen LogP contribution in [0.3, 0.4) is 0 Å². The molecule has 172 valence electrons. The molecule has 1 N–H and O–H groups in total.